The Labute approximate surface area is 162 Å². The van der Waals surface area contributed by atoms with E-state index in [0.29, 0.717) is 21.9 Å². The van der Waals surface area contributed by atoms with E-state index in [-0.39, 0.29) is 17.7 Å². The van der Waals surface area contributed by atoms with Crippen LogP contribution in [0.3, 0.4) is 0 Å². The molecule has 2 aromatic carbocycles. The highest BCUT2D eigenvalue weighted by molar-refractivity contribution is 7.17. The van der Waals surface area contributed by atoms with E-state index in [1.165, 1.54) is 11.3 Å². The van der Waals surface area contributed by atoms with Gasteiger partial charge in [0.1, 0.15) is 9.88 Å². The molecule has 0 saturated carbocycles. The zero-order valence-corrected chi connectivity index (χ0v) is 16.3. The fraction of sp³-hybridized carbons (Fsp3) is 0.190. The van der Waals surface area contributed by atoms with Crippen LogP contribution in [0.25, 0.3) is 10.6 Å². The van der Waals surface area contributed by atoms with Crippen LogP contribution in [0.5, 0.6) is 0 Å². The lowest BCUT2D eigenvalue weighted by molar-refractivity contribution is -0.118. The Morgan fingerprint density at radius 3 is 2.11 bits per heavy atom. The lowest BCUT2D eigenvalue weighted by atomic mass is 10.2. The van der Waals surface area contributed by atoms with Gasteiger partial charge in [-0.1, -0.05) is 44.2 Å². The van der Waals surface area contributed by atoms with Crippen LogP contribution in [-0.2, 0) is 4.79 Å². The Morgan fingerprint density at radius 1 is 0.926 bits per heavy atom. The minimum absolute atomic E-state index is 0.0412. The van der Waals surface area contributed by atoms with E-state index in [4.69, 9.17) is 0 Å². The predicted molar refractivity (Wildman–Crippen MR) is 110 cm³/mol. The molecule has 0 aliphatic carbocycles. The number of nitrogens with zero attached hydrogens (tertiary/aromatic N) is 1. The Hall–Kier alpha value is -2.99. The number of hydrogen-bond acceptors (Lipinski definition) is 4. The van der Waals surface area contributed by atoms with Gasteiger partial charge in [0.25, 0.3) is 5.91 Å². The highest BCUT2D eigenvalue weighted by Crippen LogP contribution is 2.28. The summed E-state index contributed by atoms with van der Waals surface area (Å²) in [5.74, 6) is -0.316. The molecule has 0 atom stereocenters. The second-order valence-electron chi connectivity index (χ2n) is 6.48. The summed E-state index contributed by atoms with van der Waals surface area (Å²) in [4.78, 5) is 29.5. The molecule has 2 amide bonds. The summed E-state index contributed by atoms with van der Waals surface area (Å²) in [6.07, 6.45) is 0. The zero-order chi connectivity index (χ0) is 19.4. The molecule has 5 nitrogen and oxygen atoms in total. The van der Waals surface area contributed by atoms with Gasteiger partial charge in [0.05, 0.1) is 5.69 Å². The largest absolute Gasteiger partial charge is 0.326 e. The number of aryl methyl sites for hydroxylation is 1. The van der Waals surface area contributed by atoms with Crippen LogP contribution in [0.2, 0.25) is 0 Å². The molecule has 0 radical (unpaired) electrons. The molecule has 0 aliphatic rings. The average molecular weight is 379 g/mol. The summed E-state index contributed by atoms with van der Waals surface area (Å²) < 4.78 is 0. The maximum atomic E-state index is 12.6. The van der Waals surface area contributed by atoms with Crippen molar-refractivity contribution in [3.8, 4) is 10.6 Å². The fourth-order valence-electron chi connectivity index (χ4n) is 2.42. The van der Waals surface area contributed by atoms with Crippen molar-refractivity contribution in [2.75, 3.05) is 10.6 Å². The number of hydrogen-bond donors (Lipinski definition) is 2. The maximum Gasteiger partial charge on any atom is 0.267 e. The highest BCUT2D eigenvalue weighted by Gasteiger charge is 2.16. The summed E-state index contributed by atoms with van der Waals surface area (Å²) >= 11 is 1.37. The molecule has 0 spiro atoms. The number of anilines is 2. The highest BCUT2D eigenvalue weighted by atomic mass is 32.1. The normalized spacial score (nSPS) is 10.7. The summed E-state index contributed by atoms with van der Waals surface area (Å²) in [5.41, 5.74) is 3.07. The summed E-state index contributed by atoms with van der Waals surface area (Å²) in [5, 5.41) is 6.53. The van der Waals surface area contributed by atoms with Gasteiger partial charge < -0.3 is 10.6 Å². The van der Waals surface area contributed by atoms with Crippen LogP contribution >= 0.6 is 11.3 Å². The van der Waals surface area contributed by atoms with Crippen molar-refractivity contribution in [3.63, 3.8) is 0 Å². The van der Waals surface area contributed by atoms with Crippen LogP contribution in [0.1, 0.15) is 29.2 Å². The molecule has 2 N–H and O–H groups in total. The number of nitrogens with one attached hydrogen (secondary N) is 2. The SMILES string of the molecule is Cc1nc(-c2ccccc2)sc1C(=O)Nc1ccc(NC(=O)C(C)C)cc1. The third kappa shape index (κ3) is 4.60. The van der Waals surface area contributed by atoms with E-state index < -0.39 is 0 Å². The Bertz CT molecular complexity index is 947. The monoisotopic (exact) mass is 379 g/mol. The smallest absolute Gasteiger partial charge is 0.267 e. The third-order valence-corrected chi connectivity index (χ3v) is 5.16. The summed E-state index contributed by atoms with van der Waals surface area (Å²) in [7, 11) is 0. The van der Waals surface area contributed by atoms with Gasteiger partial charge in [0.15, 0.2) is 0 Å². The van der Waals surface area contributed by atoms with Gasteiger partial charge in [0.2, 0.25) is 5.91 Å². The average Bonchev–Trinajstić information content (AvgIpc) is 3.06. The van der Waals surface area contributed by atoms with Gasteiger partial charge in [-0.3, -0.25) is 9.59 Å². The number of carbonyl (C=O) groups excluding carboxylic acids is 2. The molecule has 1 aromatic heterocycles. The first-order valence-electron chi connectivity index (χ1n) is 8.69. The van der Waals surface area contributed by atoms with Gasteiger partial charge in [-0.2, -0.15) is 0 Å². The zero-order valence-electron chi connectivity index (χ0n) is 15.4. The Morgan fingerprint density at radius 2 is 1.52 bits per heavy atom. The number of amides is 2. The van der Waals surface area contributed by atoms with Crippen LogP contribution in [-0.4, -0.2) is 16.8 Å². The number of benzene rings is 2. The molecule has 1 heterocycles. The molecular formula is C21H21N3O2S. The first-order chi connectivity index (χ1) is 12.9. The van der Waals surface area contributed by atoms with Crippen LogP contribution in [0.15, 0.2) is 54.6 Å². The summed E-state index contributed by atoms with van der Waals surface area (Å²) in [6, 6.07) is 16.9. The van der Waals surface area contributed by atoms with Gasteiger partial charge in [-0.05, 0) is 31.2 Å². The molecule has 138 valence electrons. The Kier molecular flexibility index (Phi) is 5.66. The van der Waals surface area contributed by atoms with Gasteiger partial charge in [0, 0.05) is 22.9 Å². The van der Waals surface area contributed by atoms with E-state index >= 15 is 0 Å². The van der Waals surface area contributed by atoms with Crippen molar-refractivity contribution in [1.29, 1.82) is 0 Å². The van der Waals surface area contributed by atoms with E-state index in [9.17, 15) is 9.59 Å². The standard InChI is InChI=1S/C21H21N3O2S/c1-13(2)19(25)23-16-9-11-17(12-10-16)24-20(26)18-14(3)22-21(27-18)15-7-5-4-6-8-15/h4-13H,1-3H3,(H,23,25)(H,24,26). The first kappa shape index (κ1) is 18.8. The van der Waals surface area contributed by atoms with Gasteiger partial charge in [-0.25, -0.2) is 4.98 Å². The van der Waals surface area contributed by atoms with Crippen LogP contribution in [0.4, 0.5) is 11.4 Å². The quantitative estimate of drug-likeness (QED) is 0.658. The molecule has 27 heavy (non-hydrogen) atoms. The molecule has 0 saturated heterocycles. The predicted octanol–water partition coefficient (Wildman–Crippen LogP) is 4.97. The summed E-state index contributed by atoms with van der Waals surface area (Å²) in [6.45, 7) is 5.51. The molecular weight excluding hydrogens is 358 g/mol. The Balaban J connectivity index is 1.70. The minimum Gasteiger partial charge on any atom is -0.326 e. The third-order valence-electron chi connectivity index (χ3n) is 3.96. The molecule has 0 bridgehead atoms. The second-order valence-corrected chi connectivity index (χ2v) is 7.47. The van der Waals surface area contributed by atoms with Crippen molar-refractivity contribution in [2.24, 2.45) is 5.92 Å². The number of thiazole rings is 1. The molecule has 0 unspecified atom stereocenters. The lowest BCUT2D eigenvalue weighted by Crippen LogP contribution is -2.17. The minimum atomic E-state index is -0.189. The van der Waals surface area contributed by atoms with E-state index in [1.54, 1.807) is 24.3 Å². The fourth-order valence-corrected chi connectivity index (χ4v) is 3.39. The number of rotatable bonds is 5. The lowest BCUT2D eigenvalue weighted by Gasteiger charge is -2.09. The second kappa shape index (κ2) is 8.14. The molecule has 3 aromatic rings. The van der Waals surface area contributed by atoms with Gasteiger partial charge >= 0.3 is 0 Å². The van der Waals surface area contributed by atoms with Crippen LogP contribution in [0, 0.1) is 12.8 Å². The molecule has 3 rings (SSSR count). The number of aromatic nitrogens is 1. The molecule has 0 fully saturated rings. The topological polar surface area (TPSA) is 71.1 Å². The first-order valence-corrected chi connectivity index (χ1v) is 9.51. The molecule has 0 aliphatic heterocycles. The van der Waals surface area contributed by atoms with Gasteiger partial charge in [-0.15, -0.1) is 11.3 Å². The van der Waals surface area contributed by atoms with Crippen molar-refractivity contribution in [3.05, 3.63) is 65.2 Å². The number of carbonyl (C=O) groups is 2. The van der Waals surface area contributed by atoms with Crippen LogP contribution < -0.4 is 10.6 Å². The van der Waals surface area contributed by atoms with Crippen molar-refractivity contribution >= 4 is 34.5 Å². The van der Waals surface area contributed by atoms with E-state index in [1.807, 2.05) is 51.1 Å². The van der Waals surface area contributed by atoms with E-state index in [2.05, 4.69) is 15.6 Å². The van der Waals surface area contributed by atoms with E-state index in [0.717, 1.165) is 10.6 Å². The molecule has 6 heteroatoms. The van der Waals surface area contributed by atoms with Crippen molar-refractivity contribution in [2.45, 2.75) is 20.8 Å². The van der Waals surface area contributed by atoms with Crippen molar-refractivity contribution in [1.82, 2.24) is 4.98 Å². The van der Waals surface area contributed by atoms with Crippen molar-refractivity contribution < 1.29 is 9.59 Å². The maximum absolute atomic E-state index is 12.6.